The Kier molecular flexibility index (Phi) is 8.42. The molecule has 2 heterocycles. The number of rotatable bonds is 9. The number of halogens is 2. The number of nitrogens with zero attached hydrogens (tertiary/aromatic N) is 2. The third-order valence-corrected chi connectivity index (χ3v) is 9.34. The second-order valence-corrected chi connectivity index (χ2v) is 12.8. The molecule has 192 valence electrons. The van der Waals surface area contributed by atoms with E-state index >= 15 is 0 Å². The van der Waals surface area contributed by atoms with Crippen molar-refractivity contribution >= 4 is 67.2 Å². The Labute approximate surface area is 223 Å². The predicted molar refractivity (Wildman–Crippen MR) is 137 cm³/mol. The molecular formula is C21H20Cl2N4O6S3. The molecular weight excluding hydrogens is 571 g/mol. The molecule has 1 fully saturated rings. The Bertz CT molecular complexity index is 1420. The van der Waals surface area contributed by atoms with Gasteiger partial charge in [-0.1, -0.05) is 29.3 Å². The Morgan fingerprint density at radius 3 is 2.75 bits per heavy atom. The van der Waals surface area contributed by atoms with Crippen molar-refractivity contribution in [2.75, 3.05) is 11.9 Å². The first-order valence-corrected chi connectivity index (χ1v) is 14.7. The second-order valence-electron chi connectivity index (χ2n) is 8.05. The Hall–Kier alpha value is -1.97. The van der Waals surface area contributed by atoms with Gasteiger partial charge in [0.2, 0.25) is 5.78 Å². The number of benzene rings is 1. The molecule has 4 rings (SSSR count). The molecule has 0 amide bonds. The summed E-state index contributed by atoms with van der Waals surface area (Å²) in [5, 5.41) is 13.8. The molecule has 0 radical (unpaired) electrons. The van der Waals surface area contributed by atoms with Crippen molar-refractivity contribution in [2.45, 2.75) is 34.8 Å². The van der Waals surface area contributed by atoms with E-state index in [1.807, 2.05) is 4.72 Å². The summed E-state index contributed by atoms with van der Waals surface area (Å²) in [6.45, 7) is -0.131. The topological polar surface area (TPSA) is 159 Å². The first-order valence-electron chi connectivity index (χ1n) is 10.5. The zero-order valence-corrected chi connectivity index (χ0v) is 22.3. The van der Waals surface area contributed by atoms with Gasteiger partial charge in [0.05, 0.1) is 32.2 Å². The summed E-state index contributed by atoms with van der Waals surface area (Å²) in [5.41, 5.74) is 0.157. The van der Waals surface area contributed by atoms with E-state index in [4.69, 9.17) is 27.8 Å². The fourth-order valence-corrected chi connectivity index (χ4v) is 7.30. The van der Waals surface area contributed by atoms with Gasteiger partial charge < -0.3 is 10.4 Å². The minimum absolute atomic E-state index is 0.131. The van der Waals surface area contributed by atoms with Crippen LogP contribution in [0.5, 0.6) is 0 Å². The van der Waals surface area contributed by atoms with E-state index < -0.39 is 38.9 Å². The lowest BCUT2D eigenvalue weighted by molar-refractivity contribution is 0.104. The molecule has 0 aliphatic heterocycles. The highest BCUT2D eigenvalue weighted by Gasteiger charge is 2.34. The van der Waals surface area contributed by atoms with Crippen LogP contribution in [-0.4, -0.2) is 56.7 Å². The van der Waals surface area contributed by atoms with Crippen LogP contribution in [0, 0.1) is 5.92 Å². The summed E-state index contributed by atoms with van der Waals surface area (Å²) in [7, 11) is -6.02. The highest BCUT2D eigenvalue weighted by molar-refractivity contribution is 7.85. The number of hydrogen-bond donors (Lipinski definition) is 4. The third kappa shape index (κ3) is 6.47. The van der Waals surface area contributed by atoms with Gasteiger partial charge in [-0.3, -0.25) is 9.35 Å². The van der Waals surface area contributed by atoms with Gasteiger partial charge in [-0.15, -0.1) is 11.3 Å². The van der Waals surface area contributed by atoms with Crippen LogP contribution in [0.4, 0.5) is 5.82 Å². The van der Waals surface area contributed by atoms with Crippen LogP contribution in [0.15, 0.2) is 52.6 Å². The van der Waals surface area contributed by atoms with Crippen molar-refractivity contribution in [3.8, 4) is 0 Å². The maximum absolute atomic E-state index is 13.3. The molecule has 2 aromatic heterocycles. The van der Waals surface area contributed by atoms with E-state index in [-0.39, 0.29) is 44.5 Å². The summed E-state index contributed by atoms with van der Waals surface area (Å²) in [5.74, 6) is -0.634. The number of nitrogens with one attached hydrogen (secondary N) is 2. The number of anilines is 1. The van der Waals surface area contributed by atoms with Crippen molar-refractivity contribution in [2.24, 2.45) is 5.92 Å². The Morgan fingerprint density at radius 2 is 2.03 bits per heavy atom. The van der Waals surface area contributed by atoms with Crippen LogP contribution in [0.25, 0.3) is 0 Å². The van der Waals surface area contributed by atoms with E-state index in [1.165, 1.54) is 18.6 Å². The molecule has 1 aliphatic carbocycles. The molecule has 0 spiro atoms. The number of aliphatic hydroxyl groups is 1. The molecule has 4 atom stereocenters. The van der Waals surface area contributed by atoms with Gasteiger partial charge >= 0.3 is 10.3 Å². The molecule has 1 saturated carbocycles. The van der Waals surface area contributed by atoms with E-state index in [0.717, 1.165) is 11.3 Å². The largest absolute Gasteiger partial charge is 0.393 e. The average molecular weight is 592 g/mol. The maximum Gasteiger partial charge on any atom is 0.333 e. The number of carbonyl (C=O) groups is 1. The molecule has 0 bridgehead atoms. The van der Waals surface area contributed by atoms with Gasteiger partial charge in [0.1, 0.15) is 16.5 Å². The van der Waals surface area contributed by atoms with Gasteiger partial charge in [0, 0.05) is 34.6 Å². The lowest BCUT2D eigenvalue weighted by Crippen LogP contribution is -2.32. The minimum atomic E-state index is -4.37. The van der Waals surface area contributed by atoms with Crippen molar-refractivity contribution < 1.29 is 27.1 Å². The zero-order valence-electron chi connectivity index (χ0n) is 18.3. The zero-order chi connectivity index (χ0) is 26.0. The van der Waals surface area contributed by atoms with Crippen molar-refractivity contribution in [1.82, 2.24) is 14.7 Å². The monoisotopic (exact) mass is 590 g/mol. The maximum atomic E-state index is 13.3. The van der Waals surface area contributed by atoms with E-state index in [2.05, 4.69) is 15.3 Å². The van der Waals surface area contributed by atoms with E-state index in [0.29, 0.717) is 16.3 Å². The number of thiophene rings is 1. The lowest BCUT2D eigenvalue weighted by atomic mass is 10.1. The quantitative estimate of drug-likeness (QED) is 0.217. The Morgan fingerprint density at radius 1 is 1.25 bits per heavy atom. The molecule has 1 aromatic carbocycles. The van der Waals surface area contributed by atoms with E-state index in [1.54, 1.807) is 24.3 Å². The molecule has 4 N–H and O–H groups in total. The molecule has 36 heavy (non-hydrogen) atoms. The smallest absolute Gasteiger partial charge is 0.333 e. The number of aliphatic hydroxyl groups excluding tert-OH is 1. The standard InChI is InChI=1S/C21H20Cl2N4O6S3/c22-12-2-1-3-14(5-12)35(30)18-7-17(34-20(18)23)19(29)15-9-24-10-25-21(15)27-13-4-11(16(28)6-13)8-26-36(31,32)33/h1-3,5,7,9-11,13,16,26,28H,4,6,8H2,(H,24,25,27)(H,31,32,33)/t11-,13-,16+,35?/m1/s1. The predicted octanol–water partition coefficient (Wildman–Crippen LogP) is 3.19. The second kappa shape index (κ2) is 11.2. The highest BCUT2D eigenvalue weighted by Crippen LogP contribution is 2.35. The average Bonchev–Trinajstić information content (AvgIpc) is 3.38. The SMILES string of the molecule is O=C(c1cc(S(=O)c2cccc(Cl)c2)c(Cl)s1)c1cncnc1N[C@@H]1C[C@H](CNS(=O)(=O)O)[C@@H](O)C1. The number of ketones is 1. The van der Waals surface area contributed by atoms with Crippen LogP contribution < -0.4 is 10.0 Å². The molecule has 3 aromatic rings. The van der Waals surface area contributed by atoms with Gasteiger partial charge in [-0.05, 0) is 37.1 Å². The first-order chi connectivity index (χ1) is 17.0. The van der Waals surface area contributed by atoms with Crippen molar-refractivity contribution in [3.05, 3.63) is 62.7 Å². The lowest BCUT2D eigenvalue weighted by Gasteiger charge is -2.15. The molecule has 1 aliphatic rings. The van der Waals surface area contributed by atoms with Crippen LogP contribution in [0.1, 0.15) is 28.1 Å². The minimum Gasteiger partial charge on any atom is -0.393 e. The van der Waals surface area contributed by atoms with Gasteiger partial charge in [0.15, 0.2) is 0 Å². The van der Waals surface area contributed by atoms with Crippen LogP contribution in [0.2, 0.25) is 9.36 Å². The normalized spacial score (nSPS) is 20.8. The summed E-state index contributed by atoms with van der Waals surface area (Å²) in [6.07, 6.45) is 2.44. The Balaban J connectivity index is 1.52. The fourth-order valence-electron chi connectivity index (χ4n) is 3.89. The summed E-state index contributed by atoms with van der Waals surface area (Å²) in [4.78, 5) is 22.4. The van der Waals surface area contributed by atoms with Gasteiger partial charge in [-0.25, -0.2) is 14.2 Å². The molecule has 1 unspecified atom stereocenters. The number of carbonyl (C=O) groups excluding carboxylic acids is 1. The third-order valence-electron chi connectivity index (χ3n) is 5.57. The molecule has 0 saturated heterocycles. The van der Waals surface area contributed by atoms with Crippen molar-refractivity contribution in [3.63, 3.8) is 0 Å². The van der Waals surface area contributed by atoms with E-state index in [9.17, 15) is 22.5 Å². The number of hydrogen-bond acceptors (Lipinski definition) is 9. The fraction of sp³-hybridized carbons (Fsp3) is 0.286. The van der Waals surface area contributed by atoms with Gasteiger partial charge in [-0.2, -0.15) is 13.1 Å². The van der Waals surface area contributed by atoms with Crippen LogP contribution in [0.3, 0.4) is 0 Å². The molecule has 10 nitrogen and oxygen atoms in total. The first kappa shape index (κ1) is 27.1. The summed E-state index contributed by atoms with van der Waals surface area (Å²) in [6, 6.07) is 7.71. The van der Waals surface area contributed by atoms with Crippen LogP contribution in [-0.2, 0) is 21.1 Å². The highest BCUT2D eigenvalue weighted by atomic mass is 35.5. The summed E-state index contributed by atoms with van der Waals surface area (Å²) < 4.78 is 46.0. The summed E-state index contributed by atoms with van der Waals surface area (Å²) >= 11 is 13.3. The van der Waals surface area contributed by atoms with Gasteiger partial charge in [0.25, 0.3) is 0 Å². The number of aromatic nitrogens is 2. The van der Waals surface area contributed by atoms with Crippen molar-refractivity contribution in [1.29, 1.82) is 0 Å². The molecule has 15 heteroatoms. The van der Waals surface area contributed by atoms with Crippen LogP contribution >= 0.6 is 34.5 Å².